The van der Waals surface area contributed by atoms with Crippen molar-refractivity contribution >= 4 is 31.9 Å². The van der Waals surface area contributed by atoms with Crippen LogP contribution in [0.4, 0.5) is 0 Å². The van der Waals surface area contributed by atoms with Gasteiger partial charge in [0.25, 0.3) is 0 Å². The van der Waals surface area contributed by atoms with Gasteiger partial charge in [0.15, 0.2) is 0 Å². The largest absolute Gasteiger partial charge is 0.463 e. The minimum atomic E-state index is -3.90. The Morgan fingerprint density at radius 3 is 2.29 bits per heavy atom. The third-order valence-corrected chi connectivity index (χ3v) is 5.59. The number of benzene rings is 1. The predicted octanol–water partition coefficient (Wildman–Crippen LogP) is 2.00. The zero-order valence-electron chi connectivity index (χ0n) is 12.3. The van der Waals surface area contributed by atoms with Crippen molar-refractivity contribution in [1.29, 1.82) is 0 Å². The molecule has 0 saturated heterocycles. The van der Waals surface area contributed by atoms with E-state index in [4.69, 9.17) is 9.47 Å². The summed E-state index contributed by atoms with van der Waals surface area (Å²) in [7, 11) is -1.37. The number of carbonyl (C=O) groups is 1. The van der Waals surface area contributed by atoms with E-state index in [-0.39, 0.29) is 11.5 Å². The zero-order valence-corrected chi connectivity index (χ0v) is 14.7. The van der Waals surface area contributed by atoms with Gasteiger partial charge in [-0.3, -0.25) is 0 Å². The van der Waals surface area contributed by atoms with E-state index in [1.807, 2.05) is 0 Å². The lowest BCUT2D eigenvalue weighted by atomic mass is 10.3. The first-order valence-corrected chi connectivity index (χ1v) is 8.40. The van der Waals surface area contributed by atoms with E-state index >= 15 is 0 Å². The van der Waals surface area contributed by atoms with Crippen molar-refractivity contribution in [3.63, 3.8) is 0 Å². The Labute approximate surface area is 133 Å². The summed E-state index contributed by atoms with van der Waals surface area (Å²) in [6, 6.07) is 6.10. The normalized spacial score (nSPS) is 14.8. The zero-order chi connectivity index (χ0) is 16.3. The number of ether oxygens (including phenoxy) is 2. The minimum absolute atomic E-state index is 0.0563. The fraction of sp³-hybridized carbons (Fsp3) is 0.462. The fourth-order valence-corrected chi connectivity index (χ4v) is 3.27. The molecule has 0 amide bonds. The molecule has 1 rings (SSSR count). The molecule has 0 N–H and O–H groups in total. The van der Waals surface area contributed by atoms with Crippen molar-refractivity contribution in [3.8, 4) is 0 Å². The van der Waals surface area contributed by atoms with Crippen molar-refractivity contribution in [2.75, 3.05) is 20.8 Å². The Hall–Kier alpha value is -0.960. The van der Waals surface area contributed by atoms with Gasteiger partial charge >= 0.3 is 5.97 Å². The van der Waals surface area contributed by atoms with Gasteiger partial charge in [0, 0.05) is 18.6 Å². The van der Waals surface area contributed by atoms with Gasteiger partial charge in [0.2, 0.25) is 15.7 Å². The number of halogens is 1. The summed E-state index contributed by atoms with van der Waals surface area (Å²) < 4.78 is 36.8. The molecule has 1 aromatic carbocycles. The number of likely N-dealkylation sites (N-methyl/N-ethyl adjacent to an activating group) is 1. The second-order valence-corrected chi connectivity index (χ2v) is 7.22. The van der Waals surface area contributed by atoms with Crippen LogP contribution >= 0.6 is 15.9 Å². The molecule has 0 spiro atoms. The third kappa shape index (κ3) is 3.63. The summed E-state index contributed by atoms with van der Waals surface area (Å²) >= 11 is 3.24. The van der Waals surface area contributed by atoms with Crippen molar-refractivity contribution in [2.24, 2.45) is 0 Å². The highest BCUT2D eigenvalue weighted by Crippen LogP contribution is 2.26. The monoisotopic (exact) mass is 379 g/mol. The number of nitrogens with zero attached hydrogens (tertiary/aromatic N) is 1. The van der Waals surface area contributed by atoms with Crippen LogP contribution in [0.5, 0.6) is 0 Å². The van der Waals surface area contributed by atoms with Gasteiger partial charge in [-0.05, 0) is 38.1 Å². The summed E-state index contributed by atoms with van der Waals surface area (Å²) in [6.45, 7) is 3.11. The lowest BCUT2D eigenvalue weighted by molar-refractivity contribution is -0.179. The topological polar surface area (TPSA) is 72.9 Å². The lowest BCUT2D eigenvalue weighted by Gasteiger charge is -2.33. The molecule has 0 bridgehead atoms. The molecule has 0 fully saturated rings. The minimum Gasteiger partial charge on any atom is -0.463 e. The van der Waals surface area contributed by atoms with Crippen LogP contribution in [0.2, 0.25) is 0 Å². The molecule has 1 aromatic rings. The summed E-state index contributed by atoms with van der Waals surface area (Å²) in [5.74, 6) is -0.768. The number of hydrogen-bond donors (Lipinski definition) is 0. The van der Waals surface area contributed by atoms with Crippen molar-refractivity contribution in [3.05, 3.63) is 28.7 Å². The first-order valence-electron chi connectivity index (χ1n) is 6.17. The van der Waals surface area contributed by atoms with Crippen LogP contribution in [0.25, 0.3) is 0 Å². The molecule has 0 aliphatic carbocycles. The first kappa shape index (κ1) is 18.1. The van der Waals surface area contributed by atoms with Crippen molar-refractivity contribution in [1.82, 2.24) is 4.31 Å². The van der Waals surface area contributed by atoms with Crippen molar-refractivity contribution < 1.29 is 22.7 Å². The van der Waals surface area contributed by atoms with Gasteiger partial charge < -0.3 is 9.47 Å². The Kier molecular flexibility index (Phi) is 5.92. The average molecular weight is 380 g/mol. The molecular formula is C13H18BrNO5S. The van der Waals surface area contributed by atoms with Crippen LogP contribution in [0.3, 0.4) is 0 Å². The van der Waals surface area contributed by atoms with Crippen LogP contribution in [0.1, 0.15) is 13.8 Å². The second kappa shape index (κ2) is 6.87. The predicted molar refractivity (Wildman–Crippen MR) is 81.1 cm³/mol. The maximum atomic E-state index is 12.6. The van der Waals surface area contributed by atoms with E-state index in [9.17, 15) is 13.2 Å². The van der Waals surface area contributed by atoms with Crippen LogP contribution in [0.15, 0.2) is 33.6 Å². The van der Waals surface area contributed by atoms with Gasteiger partial charge in [0.1, 0.15) is 0 Å². The Balaban J connectivity index is 3.22. The maximum absolute atomic E-state index is 12.6. The second-order valence-electron chi connectivity index (χ2n) is 4.33. The molecule has 0 aromatic heterocycles. The van der Waals surface area contributed by atoms with Gasteiger partial charge in [-0.2, -0.15) is 4.31 Å². The average Bonchev–Trinajstić information content (AvgIpc) is 2.46. The lowest BCUT2D eigenvalue weighted by Crippen LogP contribution is -2.55. The van der Waals surface area contributed by atoms with Crippen LogP contribution in [-0.4, -0.2) is 45.2 Å². The summed E-state index contributed by atoms with van der Waals surface area (Å²) in [5.41, 5.74) is -1.73. The molecule has 1 atom stereocenters. The maximum Gasteiger partial charge on any atom is 0.354 e. The SMILES string of the molecule is CCOC(=O)C(C)(OC)N(C)S(=O)(=O)c1ccc(Br)cc1. The van der Waals surface area contributed by atoms with Crippen molar-refractivity contribution in [2.45, 2.75) is 24.5 Å². The molecule has 118 valence electrons. The number of sulfonamides is 1. The number of carbonyl (C=O) groups excluding carboxylic acids is 1. The van der Waals surface area contributed by atoms with E-state index < -0.39 is 21.7 Å². The van der Waals surface area contributed by atoms with Crippen LogP contribution < -0.4 is 0 Å². The van der Waals surface area contributed by atoms with E-state index in [1.54, 1.807) is 19.1 Å². The molecular weight excluding hydrogens is 362 g/mol. The molecule has 0 aliphatic rings. The molecule has 8 heteroatoms. The molecule has 0 radical (unpaired) electrons. The molecule has 1 unspecified atom stereocenters. The summed E-state index contributed by atoms with van der Waals surface area (Å²) in [4.78, 5) is 12.1. The summed E-state index contributed by atoms with van der Waals surface area (Å²) in [6.07, 6.45) is 0. The highest BCUT2D eigenvalue weighted by Gasteiger charge is 2.45. The fourth-order valence-electron chi connectivity index (χ4n) is 1.60. The molecule has 0 heterocycles. The van der Waals surface area contributed by atoms with Gasteiger partial charge in [-0.25, -0.2) is 13.2 Å². The van der Waals surface area contributed by atoms with Gasteiger partial charge in [-0.1, -0.05) is 15.9 Å². The Morgan fingerprint density at radius 1 is 1.33 bits per heavy atom. The standard InChI is InChI=1S/C13H18BrNO5S/c1-5-20-12(16)13(2,19-4)15(3)21(17,18)11-8-6-10(14)7-9-11/h6-9H,5H2,1-4H3. The van der Waals surface area contributed by atoms with E-state index in [0.29, 0.717) is 0 Å². The van der Waals surface area contributed by atoms with E-state index in [0.717, 1.165) is 8.78 Å². The van der Waals surface area contributed by atoms with Crippen LogP contribution in [0, 0.1) is 0 Å². The number of hydrogen-bond acceptors (Lipinski definition) is 5. The number of esters is 1. The molecule has 0 aliphatic heterocycles. The quantitative estimate of drug-likeness (QED) is 0.558. The number of rotatable bonds is 6. The van der Waals surface area contributed by atoms with Gasteiger partial charge in [0.05, 0.1) is 11.5 Å². The Bertz CT molecular complexity index is 601. The highest BCUT2D eigenvalue weighted by atomic mass is 79.9. The smallest absolute Gasteiger partial charge is 0.354 e. The molecule has 21 heavy (non-hydrogen) atoms. The van der Waals surface area contributed by atoms with Gasteiger partial charge in [-0.15, -0.1) is 0 Å². The van der Waals surface area contributed by atoms with Crippen LogP contribution in [-0.2, 0) is 24.3 Å². The molecule has 6 nitrogen and oxygen atoms in total. The molecule has 0 saturated carbocycles. The summed E-state index contributed by atoms with van der Waals surface area (Å²) in [5, 5.41) is 0. The Morgan fingerprint density at radius 2 is 1.86 bits per heavy atom. The number of methoxy groups -OCH3 is 1. The van der Waals surface area contributed by atoms with E-state index in [1.165, 1.54) is 33.2 Å². The third-order valence-electron chi connectivity index (χ3n) is 3.12. The highest BCUT2D eigenvalue weighted by molar-refractivity contribution is 9.10. The van der Waals surface area contributed by atoms with E-state index in [2.05, 4.69) is 15.9 Å². The first-order chi connectivity index (χ1) is 9.70.